The fourth-order valence-corrected chi connectivity index (χ4v) is 2.54. The van der Waals surface area contributed by atoms with Crippen molar-refractivity contribution in [3.8, 4) is 0 Å². The van der Waals surface area contributed by atoms with Crippen LogP contribution in [0.5, 0.6) is 0 Å². The summed E-state index contributed by atoms with van der Waals surface area (Å²) in [7, 11) is -1.37. The minimum absolute atomic E-state index is 0.361. The summed E-state index contributed by atoms with van der Waals surface area (Å²) in [6, 6.07) is 7.37. The van der Waals surface area contributed by atoms with Crippen LogP contribution in [0.4, 0.5) is 0 Å². The van der Waals surface area contributed by atoms with Crippen molar-refractivity contribution in [2.24, 2.45) is 0 Å². The monoisotopic (exact) mass is 209 g/mol. The quantitative estimate of drug-likeness (QED) is 0.585. The summed E-state index contributed by atoms with van der Waals surface area (Å²) >= 11 is 1.87. The van der Waals surface area contributed by atoms with Gasteiger partial charge in [-0.15, -0.1) is 11.8 Å². The molecule has 3 N–H and O–H groups in total. The van der Waals surface area contributed by atoms with Crippen LogP contribution in [0.2, 0.25) is 0 Å². The van der Waals surface area contributed by atoms with E-state index in [1.165, 1.54) is 5.56 Å². The number of hydrogen-bond donors (Lipinski definition) is 3. The first-order valence-electron chi connectivity index (χ1n) is 4.58. The molecule has 3 nitrogen and oxygen atoms in total. The summed E-state index contributed by atoms with van der Waals surface area (Å²) in [6.07, 6.45) is 0. The van der Waals surface area contributed by atoms with Gasteiger partial charge in [0.05, 0.1) is 5.37 Å². The molecule has 74 valence electrons. The molecular formula is C9H12BNO2S. The predicted molar refractivity (Wildman–Crippen MR) is 59.5 cm³/mol. The molecule has 1 aliphatic heterocycles. The van der Waals surface area contributed by atoms with E-state index in [4.69, 9.17) is 10.0 Å². The van der Waals surface area contributed by atoms with Crippen LogP contribution in [0, 0.1) is 0 Å². The molecule has 1 saturated heterocycles. The van der Waals surface area contributed by atoms with Gasteiger partial charge in [-0.05, 0) is 11.0 Å². The first-order valence-corrected chi connectivity index (χ1v) is 5.63. The molecular weight excluding hydrogens is 197 g/mol. The zero-order valence-electron chi connectivity index (χ0n) is 7.68. The van der Waals surface area contributed by atoms with E-state index in [1.807, 2.05) is 23.9 Å². The fraction of sp³-hybridized carbons (Fsp3) is 0.333. The van der Waals surface area contributed by atoms with Crippen LogP contribution >= 0.6 is 11.8 Å². The zero-order chi connectivity index (χ0) is 9.97. The van der Waals surface area contributed by atoms with Crippen molar-refractivity contribution in [1.29, 1.82) is 0 Å². The van der Waals surface area contributed by atoms with Gasteiger partial charge in [0, 0.05) is 12.3 Å². The van der Waals surface area contributed by atoms with E-state index in [1.54, 1.807) is 12.1 Å². The van der Waals surface area contributed by atoms with Gasteiger partial charge in [-0.3, -0.25) is 0 Å². The first-order chi connectivity index (χ1) is 6.77. The Morgan fingerprint density at radius 3 is 2.50 bits per heavy atom. The van der Waals surface area contributed by atoms with Gasteiger partial charge in [-0.2, -0.15) is 0 Å². The van der Waals surface area contributed by atoms with E-state index in [-0.39, 0.29) is 0 Å². The topological polar surface area (TPSA) is 52.5 Å². The third-order valence-electron chi connectivity index (χ3n) is 2.25. The second-order valence-corrected chi connectivity index (χ2v) is 4.46. The molecule has 1 aliphatic rings. The van der Waals surface area contributed by atoms with E-state index in [0.717, 1.165) is 12.3 Å². The van der Waals surface area contributed by atoms with Crippen LogP contribution in [0.1, 0.15) is 10.9 Å². The lowest BCUT2D eigenvalue weighted by molar-refractivity contribution is 0.426. The molecule has 0 unspecified atom stereocenters. The first kappa shape index (κ1) is 10.0. The van der Waals surface area contributed by atoms with Gasteiger partial charge in [0.25, 0.3) is 0 Å². The number of benzene rings is 1. The minimum atomic E-state index is -1.37. The number of hydrogen-bond acceptors (Lipinski definition) is 4. The third kappa shape index (κ3) is 2.12. The van der Waals surface area contributed by atoms with Crippen LogP contribution in [0.15, 0.2) is 24.3 Å². The lowest BCUT2D eigenvalue weighted by Gasteiger charge is -2.10. The molecule has 1 fully saturated rings. The van der Waals surface area contributed by atoms with Crippen LogP contribution in [0.3, 0.4) is 0 Å². The predicted octanol–water partition coefficient (Wildman–Crippen LogP) is -0.299. The van der Waals surface area contributed by atoms with Crippen molar-refractivity contribution < 1.29 is 10.0 Å². The molecule has 1 atom stereocenters. The van der Waals surface area contributed by atoms with Gasteiger partial charge in [-0.25, -0.2) is 0 Å². The van der Waals surface area contributed by atoms with Crippen molar-refractivity contribution in [3.05, 3.63) is 29.8 Å². The summed E-state index contributed by atoms with van der Waals surface area (Å²) < 4.78 is 0. The second kappa shape index (κ2) is 4.36. The molecule has 0 bridgehead atoms. The summed E-state index contributed by atoms with van der Waals surface area (Å²) in [5.74, 6) is 1.13. The molecule has 1 aromatic carbocycles. The summed E-state index contributed by atoms with van der Waals surface area (Å²) in [5, 5.41) is 21.5. The highest BCUT2D eigenvalue weighted by Crippen LogP contribution is 2.28. The van der Waals surface area contributed by atoms with Crippen LogP contribution < -0.4 is 10.8 Å². The maximum absolute atomic E-state index is 8.91. The van der Waals surface area contributed by atoms with Crippen molar-refractivity contribution >= 4 is 24.3 Å². The molecule has 0 radical (unpaired) electrons. The molecule has 0 aromatic heterocycles. The minimum Gasteiger partial charge on any atom is -0.423 e. The van der Waals surface area contributed by atoms with Crippen molar-refractivity contribution in [3.63, 3.8) is 0 Å². The molecule has 2 rings (SSSR count). The molecule has 0 saturated carbocycles. The Hall–Kier alpha value is -0.485. The van der Waals surface area contributed by atoms with Gasteiger partial charge < -0.3 is 15.4 Å². The van der Waals surface area contributed by atoms with Crippen molar-refractivity contribution in [2.45, 2.75) is 5.37 Å². The summed E-state index contributed by atoms with van der Waals surface area (Å²) in [4.78, 5) is 0. The number of thioether (sulfide) groups is 1. The largest absolute Gasteiger partial charge is 0.488 e. The Kier molecular flexibility index (Phi) is 3.13. The second-order valence-electron chi connectivity index (χ2n) is 3.25. The highest BCUT2D eigenvalue weighted by molar-refractivity contribution is 7.99. The molecule has 14 heavy (non-hydrogen) atoms. The normalized spacial score (nSPS) is 21.1. The van der Waals surface area contributed by atoms with E-state index >= 15 is 0 Å². The van der Waals surface area contributed by atoms with E-state index < -0.39 is 7.12 Å². The third-order valence-corrected chi connectivity index (χ3v) is 3.47. The van der Waals surface area contributed by atoms with Gasteiger partial charge in [0.15, 0.2) is 0 Å². The average Bonchev–Trinajstić information content (AvgIpc) is 2.71. The smallest absolute Gasteiger partial charge is 0.423 e. The van der Waals surface area contributed by atoms with Crippen LogP contribution in [0.25, 0.3) is 0 Å². The SMILES string of the molecule is OB(O)c1ccc([C@H]2NCCS2)cc1. The number of rotatable bonds is 2. The summed E-state index contributed by atoms with van der Waals surface area (Å²) in [6.45, 7) is 1.04. The highest BCUT2D eigenvalue weighted by Gasteiger charge is 2.17. The molecule has 1 heterocycles. The lowest BCUT2D eigenvalue weighted by Crippen LogP contribution is -2.29. The van der Waals surface area contributed by atoms with Gasteiger partial charge >= 0.3 is 7.12 Å². The van der Waals surface area contributed by atoms with E-state index in [9.17, 15) is 0 Å². The van der Waals surface area contributed by atoms with Gasteiger partial charge in [0.2, 0.25) is 0 Å². The number of nitrogens with one attached hydrogen (secondary N) is 1. The molecule has 0 amide bonds. The summed E-state index contributed by atoms with van der Waals surface area (Å²) in [5.41, 5.74) is 1.73. The Bertz CT molecular complexity index is 298. The highest BCUT2D eigenvalue weighted by atomic mass is 32.2. The fourth-order valence-electron chi connectivity index (χ4n) is 1.48. The lowest BCUT2D eigenvalue weighted by atomic mass is 9.80. The Morgan fingerprint density at radius 1 is 1.29 bits per heavy atom. The van der Waals surface area contributed by atoms with Crippen LogP contribution in [-0.2, 0) is 0 Å². The van der Waals surface area contributed by atoms with Crippen molar-refractivity contribution in [1.82, 2.24) is 5.32 Å². The van der Waals surface area contributed by atoms with E-state index in [2.05, 4.69) is 5.32 Å². The Morgan fingerprint density at radius 2 is 2.00 bits per heavy atom. The van der Waals surface area contributed by atoms with Gasteiger partial charge in [0.1, 0.15) is 0 Å². The van der Waals surface area contributed by atoms with Crippen LogP contribution in [-0.4, -0.2) is 29.5 Å². The van der Waals surface area contributed by atoms with Crippen molar-refractivity contribution in [2.75, 3.05) is 12.3 Å². The van der Waals surface area contributed by atoms with E-state index in [0.29, 0.717) is 10.8 Å². The maximum atomic E-state index is 8.91. The Labute approximate surface area is 87.7 Å². The van der Waals surface area contributed by atoms with Gasteiger partial charge in [-0.1, -0.05) is 24.3 Å². The molecule has 5 heteroatoms. The molecule has 0 spiro atoms. The molecule has 1 aromatic rings. The molecule has 0 aliphatic carbocycles. The standard InChI is InChI=1S/C9H12BNO2S/c12-10(13)8-3-1-7(2-4-8)9-11-5-6-14-9/h1-4,9,11-13H,5-6H2/t9-/m0/s1. The Balaban J connectivity index is 2.12. The average molecular weight is 209 g/mol. The maximum Gasteiger partial charge on any atom is 0.488 e. The zero-order valence-corrected chi connectivity index (χ0v) is 8.50.